The number of alkyl halides is 3. The summed E-state index contributed by atoms with van der Waals surface area (Å²) in [7, 11) is 0. The van der Waals surface area contributed by atoms with Crippen molar-refractivity contribution >= 4 is 28.5 Å². The molecule has 4 aromatic rings. The Balaban J connectivity index is 0.000000354. The van der Waals surface area contributed by atoms with Gasteiger partial charge in [-0.3, -0.25) is 0 Å². The van der Waals surface area contributed by atoms with E-state index in [0.717, 1.165) is 0 Å². The van der Waals surface area contributed by atoms with Crippen molar-refractivity contribution in [3.05, 3.63) is 35.9 Å². The molecule has 12 heteroatoms. The van der Waals surface area contributed by atoms with E-state index in [9.17, 15) is 13.2 Å². The van der Waals surface area contributed by atoms with Gasteiger partial charge in [0.05, 0.1) is 5.69 Å². The van der Waals surface area contributed by atoms with Gasteiger partial charge in [-0.15, -0.1) is 0 Å². The Morgan fingerprint density at radius 2 is 1.84 bits per heavy atom. The fourth-order valence-electron chi connectivity index (χ4n) is 3.33. The van der Waals surface area contributed by atoms with Crippen molar-refractivity contribution < 1.29 is 13.2 Å². The van der Waals surface area contributed by atoms with E-state index in [4.69, 9.17) is 5.73 Å². The van der Waals surface area contributed by atoms with Crippen molar-refractivity contribution in [3.63, 3.8) is 0 Å². The van der Waals surface area contributed by atoms with Gasteiger partial charge in [0.2, 0.25) is 5.95 Å². The third-order valence-electron chi connectivity index (χ3n) is 4.86. The van der Waals surface area contributed by atoms with Crippen LogP contribution < -0.4 is 11.1 Å². The number of hydrogen-bond donors (Lipinski definition) is 3. The molecule has 1 saturated heterocycles. The first kappa shape index (κ1) is 22.1. The van der Waals surface area contributed by atoms with Crippen LogP contribution in [0.5, 0.6) is 0 Å². The number of H-pyrrole nitrogens is 1. The number of aromatic amines is 1. The molecular formula is C20H21F3N8S. The maximum Gasteiger partial charge on any atom is 0.419 e. The molecule has 5 heterocycles. The largest absolute Gasteiger partial charge is 0.419 e. The summed E-state index contributed by atoms with van der Waals surface area (Å²) in [5.41, 5.74) is 5.47. The second-order valence-corrected chi connectivity index (χ2v) is 7.99. The smallest absolute Gasteiger partial charge is 0.368 e. The first-order chi connectivity index (χ1) is 15.3. The lowest BCUT2D eigenvalue weighted by Gasteiger charge is -2.11. The molecule has 1 fully saturated rings. The molecule has 1 aliphatic rings. The highest BCUT2D eigenvalue weighted by Gasteiger charge is 2.36. The van der Waals surface area contributed by atoms with Crippen LogP contribution in [0.4, 0.5) is 19.1 Å². The first-order valence-corrected chi connectivity index (χ1v) is 10.8. The molecule has 32 heavy (non-hydrogen) atoms. The average molecular weight is 463 g/mol. The molecule has 0 radical (unpaired) electrons. The average Bonchev–Trinajstić information content (AvgIpc) is 3.40. The van der Waals surface area contributed by atoms with E-state index >= 15 is 0 Å². The molecule has 0 aliphatic carbocycles. The fourth-order valence-corrected chi connectivity index (χ4v) is 3.97. The second kappa shape index (κ2) is 9.17. The van der Waals surface area contributed by atoms with Gasteiger partial charge in [0.25, 0.3) is 0 Å². The van der Waals surface area contributed by atoms with Crippen LogP contribution in [0.3, 0.4) is 0 Å². The van der Waals surface area contributed by atoms with Gasteiger partial charge in [0.1, 0.15) is 22.7 Å². The zero-order valence-corrected chi connectivity index (χ0v) is 18.0. The summed E-state index contributed by atoms with van der Waals surface area (Å²) >= 11 is 1.20. The maximum absolute atomic E-state index is 13.3. The number of pyridine rings is 1. The number of rotatable bonds is 2. The van der Waals surface area contributed by atoms with E-state index in [0.29, 0.717) is 33.8 Å². The van der Waals surface area contributed by atoms with E-state index in [1.165, 1.54) is 50.1 Å². The molecule has 0 atom stereocenters. The molecule has 0 saturated carbocycles. The zero-order chi connectivity index (χ0) is 22.7. The Labute approximate surface area is 185 Å². The van der Waals surface area contributed by atoms with Gasteiger partial charge in [0.15, 0.2) is 5.01 Å². The number of nitrogen functional groups attached to an aromatic ring is 1. The molecule has 0 aromatic carbocycles. The van der Waals surface area contributed by atoms with Gasteiger partial charge in [-0.25, -0.2) is 19.9 Å². The summed E-state index contributed by atoms with van der Waals surface area (Å²) in [6.45, 7) is 4.27. The lowest BCUT2D eigenvalue weighted by Crippen LogP contribution is -2.21. The minimum atomic E-state index is -4.61. The number of fused-ring (bicyclic) bond motifs is 1. The Kier molecular flexibility index (Phi) is 6.33. The standard InChI is InChI=1S/C15H10F3N7S.C5H11N/c1-6-22-13(26-25-6)10-3-2-7-8(4-20-12(7)23-10)11-9(15(16,17)18)5-21-14(19)24-11;1-2-4-6-5-3-1/h2-5H,1H3,(H,20,23)(H2,19,21,24);6H,1-5H2. The van der Waals surface area contributed by atoms with Crippen molar-refractivity contribution in [2.45, 2.75) is 32.4 Å². The van der Waals surface area contributed by atoms with E-state index in [1.54, 1.807) is 19.1 Å². The quantitative estimate of drug-likeness (QED) is 0.408. The molecule has 5 rings (SSSR count). The van der Waals surface area contributed by atoms with Crippen LogP contribution in [0.25, 0.3) is 33.0 Å². The number of nitrogens with two attached hydrogens (primary N) is 1. The maximum atomic E-state index is 13.3. The summed E-state index contributed by atoms with van der Waals surface area (Å²) in [4.78, 5) is 18.8. The van der Waals surface area contributed by atoms with Crippen molar-refractivity contribution in [1.82, 2.24) is 34.6 Å². The number of nitrogens with zero attached hydrogens (tertiary/aromatic N) is 5. The molecule has 0 bridgehead atoms. The highest BCUT2D eigenvalue weighted by atomic mass is 32.1. The number of hydrogen-bond acceptors (Lipinski definition) is 8. The topological polar surface area (TPSA) is 118 Å². The predicted molar refractivity (Wildman–Crippen MR) is 117 cm³/mol. The van der Waals surface area contributed by atoms with Gasteiger partial charge in [-0.1, -0.05) is 6.42 Å². The van der Waals surface area contributed by atoms with Crippen LogP contribution in [0.15, 0.2) is 24.5 Å². The van der Waals surface area contributed by atoms with E-state index in [-0.39, 0.29) is 17.2 Å². The first-order valence-electron chi connectivity index (χ1n) is 10.0. The van der Waals surface area contributed by atoms with Gasteiger partial charge < -0.3 is 16.0 Å². The molecule has 0 amide bonds. The highest BCUT2D eigenvalue weighted by molar-refractivity contribution is 7.09. The molecular weight excluding hydrogens is 441 g/mol. The number of aryl methyl sites for hydroxylation is 1. The number of aromatic nitrogens is 6. The Hall–Kier alpha value is -3.12. The third-order valence-corrected chi connectivity index (χ3v) is 5.69. The second-order valence-electron chi connectivity index (χ2n) is 7.24. The number of piperidine rings is 1. The van der Waals surface area contributed by atoms with E-state index in [1.807, 2.05) is 0 Å². The van der Waals surface area contributed by atoms with Crippen LogP contribution in [-0.4, -0.2) is 42.4 Å². The lowest BCUT2D eigenvalue weighted by molar-refractivity contribution is -0.137. The Bertz CT molecular complexity index is 1200. The monoisotopic (exact) mass is 462 g/mol. The fraction of sp³-hybridized carbons (Fsp3) is 0.350. The molecule has 0 spiro atoms. The normalized spacial score (nSPS) is 14.2. The third kappa shape index (κ3) is 4.86. The predicted octanol–water partition coefficient (Wildman–Crippen LogP) is 4.21. The molecule has 4 aromatic heterocycles. The van der Waals surface area contributed by atoms with Gasteiger partial charge >= 0.3 is 6.18 Å². The Morgan fingerprint density at radius 1 is 1.06 bits per heavy atom. The molecule has 0 unspecified atom stereocenters. The van der Waals surface area contributed by atoms with Crippen molar-refractivity contribution in [1.29, 1.82) is 0 Å². The summed E-state index contributed by atoms with van der Waals surface area (Å²) in [6.07, 6.45) is 1.71. The van der Waals surface area contributed by atoms with Crippen LogP contribution in [0.2, 0.25) is 0 Å². The summed E-state index contributed by atoms with van der Waals surface area (Å²) in [5.74, 6) is 0.390. The molecule has 1 aliphatic heterocycles. The lowest BCUT2D eigenvalue weighted by atomic mass is 10.1. The Morgan fingerprint density at radius 3 is 2.44 bits per heavy atom. The van der Waals surface area contributed by atoms with Crippen molar-refractivity contribution in [2.24, 2.45) is 0 Å². The highest BCUT2D eigenvalue weighted by Crippen LogP contribution is 2.38. The SMILES string of the molecule is C1CCNCC1.Cc1nsc(-c2ccc3c(-c4nc(N)ncc4C(F)(F)F)c[nH]c3n2)n1. The summed E-state index contributed by atoms with van der Waals surface area (Å²) in [5, 5.41) is 4.40. The minimum absolute atomic E-state index is 0.240. The van der Waals surface area contributed by atoms with Crippen LogP contribution in [-0.2, 0) is 6.18 Å². The van der Waals surface area contributed by atoms with E-state index < -0.39 is 11.7 Å². The number of halogens is 3. The van der Waals surface area contributed by atoms with Crippen LogP contribution >= 0.6 is 11.5 Å². The van der Waals surface area contributed by atoms with Gasteiger partial charge in [-0.05, 0) is 56.5 Å². The zero-order valence-electron chi connectivity index (χ0n) is 17.2. The molecule has 168 valence electrons. The van der Waals surface area contributed by atoms with Crippen molar-refractivity contribution in [3.8, 4) is 22.0 Å². The number of nitrogens with one attached hydrogen (secondary N) is 2. The summed E-state index contributed by atoms with van der Waals surface area (Å²) in [6, 6.07) is 3.34. The van der Waals surface area contributed by atoms with Crippen molar-refractivity contribution in [2.75, 3.05) is 18.8 Å². The summed E-state index contributed by atoms with van der Waals surface area (Å²) < 4.78 is 44.0. The molecule has 8 nitrogen and oxygen atoms in total. The molecule has 4 N–H and O–H groups in total. The van der Waals surface area contributed by atoms with Gasteiger partial charge in [-0.2, -0.15) is 17.5 Å². The van der Waals surface area contributed by atoms with E-state index in [2.05, 4.69) is 34.6 Å². The van der Waals surface area contributed by atoms with Crippen LogP contribution in [0.1, 0.15) is 30.7 Å². The van der Waals surface area contributed by atoms with Gasteiger partial charge in [0, 0.05) is 23.3 Å². The minimum Gasteiger partial charge on any atom is -0.368 e. The van der Waals surface area contributed by atoms with Crippen LogP contribution in [0, 0.1) is 6.92 Å². The number of anilines is 1.